The molecular weight excluding hydrogens is 250 g/mol. The third-order valence-corrected chi connectivity index (χ3v) is 2.91. The second-order valence-electron chi connectivity index (χ2n) is 4.57. The predicted octanol–water partition coefficient (Wildman–Crippen LogP) is 3.54. The zero-order valence-corrected chi connectivity index (χ0v) is 11.6. The number of hydrogen-bond donors (Lipinski definition) is 0. The van der Waals surface area contributed by atoms with E-state index in [1.807, 2.05) is 20.8 Å². The fourth-order valence-corrected chi connectivity index (χ4v) is 1.97. The topological polar surface area (TPSA) is 69.7 Å². The maximum absolute atomic E-state index is 9.10. The predicted molar refractivity (Wildman–Crippen MR) is 74.4 cm³/mol. The molecule has 0 fully saturated rings. The Morgan fingerprint density at radius 3 is 2.20 bits per heavy atom. The largest absolute Gasteiger partial charge is 0.437 e. The van der Waals surface area contributed by atoms with Crippen molar-refractivity contribution in [3.63, 3.8) is 0 Å². The summed E-state index contributed by atoms with van der Waals surface area (Å²) in [6, 6.07) is 11.1. The first-order chi connectivity index (χ1) is 9.55. The molecule has 0 saturated heterocycles. The first kappa shape index (κ1) is 13.6. The van der Waals surface area contributed by atoms with E-state index >= 15 is 0 Å². The highest BCUT2D eigenvalue weighted by Crippen LogP contribution is 2.30. The molecule has 4 heteroatoms. The highest BCUT2D eigenvalue weighted by molar-refractivity contribution is 5.50. The number of nitrogens with zero attached hydrogens (tertiary/aromatic N) is 3. The summed E-state index contributed by atoms with van der Waals surface area (Å²) >= 11 is 0. The van der Waals surface area contributed by atoms with Crippen LogP contribution in [0.15, 0.2) is 24.3 Å². The number of benzene rings is 1. The molecule has 0 bridgehead atoms. The lowest BCUT2D eigenvalue weighted by Gasteiger charge is -2.12. The monoisotopic (exact) mass is 263 g/mol. The molecule has 0 aliphatic carbocycles. The summed E-state index contributed by atoms with van der Waals surface area (Å²) in [7, 11) is 0. The van der Waals surface area contributed by atoms with Gasteiger partial charge in [-0.25, -0.2) is 4.98 Å². The Hall–Kier alpha value is -2.85. The van der Waals surface area contributed by atoms with Gasteiger partial charge in [0.2, 0.25) is 5.88 Å². The van der Waals surface area contributed by atoms with Crippen LogP contribution < -0.4 is 4.74 Å². The summed E-state index contributed by atoms with van der Waals surface area (Å²) in [4.78, 5) is 4.25. The van der Waals surface area contributed by atoms with Crippen molar-refractivity contribution in [1.29, 1.82) is 10.5 Å². The summed E-state index contributed by atoms with van der Waals surface area (Å²) in [6.45, 7) is 5.57. The number of aryl methyl sites for hydroxylation is 3. The van der Waals surface area contributed by atoms with E-state index in [0.29, 0.717) is 22.8 Å². The minimum absolute atomic E-state index is 0.295. The summed E-state index contributed by atoms with van der Waals surface area (Å²) in [5.41, 5.74) is 3.44. The van der Waals surface area contributed by atoms with Crippen LogP contribution in [0.3, 0.4) is 0 Å². The summed E-state index contributed by atoms with van der Waals surface area (Å²) in [5.74, 6) is 0.932. The molecule has 98 valence electrons. The van der Waals surface area contributed by atoms with Crippen LogP contribution in [0.2, 0.25) is 0 Å². The maximum Gasteiger partial charge on any atom is 0.237 e. The van der Waals surface area contributed by atoms with Gasteiger partial charge in [0.25, 0.3) is 0 Å². The Morgan fingerprint density at radius 2 is 1.65 bits per heavy atom. The molecule has 0 saturated carbocycles. The second kappa shape index (κ2) is 5.42. The Labute approximate surface area is 117 Å². The Bertz CT molecular complexity index is 728. The SMILES string of the molecule is Cc1ccc(C#N)c(Oc2c(C)cc(C#N)cc2C)n1. The van der Waals surface area contributed by atoms with Gasteiger partial charge in [-0.05, 0) is 56.2 Å². The van der Waals surface area contributed by atoms with E-state index in [0.717, 1.165) is 16.8 Å². The number of nitriles is 2. The summed E-state index contributed by atoms with van der Waals surface area (Å²) in [6.07, 6.45) is 0. The molecule has 1 aromatic carbocycles. The zero-order valence-electron chi connectivity index (χ0n) is 11.6. The second-order valence-corrected chi connectivity index (χ2v) is 4.57. The van der Waals surface area contributed by atoms with E-state index < -0.39 is 0 Å². The first-order valence-electron chi connectivity index (χ1n) is 6.12. The molecule has 0 unspecified atom stereocenters. The van der Waals surface area contributed by atoms with Crippen LogP contribution >= 0.6 is 0 Å². The highest BCUT2D eigenvalue weighted by atomic mass is 16.5. The first-order valence-corrected chi connectivity index (χ1v) is 6.12. The number of aromatic nitrogens is 1. The third kappa shape index (κ3) is 2.60. The fourth-order valence-electron chi connectivity index (χ4n) is 1.97. The van der Waals surface area contributed by atoms with Gasteiger partial charge in [0, 0.05) is 5.69 Å². The Kier molecular flexibility index (Phi) is 3.68. The van der Waals surface area contributed by atoms with Gasteiger partial charge in [0.1, 0.15) is 17.4 Å². The van der Waals surface area contributed by atoms with Crippen molar-refractivity contribution in [1.82, 2.24) is 4.98 Å². The van der Waals surface area contributed by atoms with Crippen molar-refractivity contribution in [2.24, 2.45) is 0 Å². The van der Waals surface area contributed by atoms with Gasteiger partial charge >= 0.3 is 0 Å². The smallest absolute Gasteiger partial charge is 0.237 e. The lowest BCUT2D eigenvalue weighted by molar-refractivity contribution is 0.453. The van der Waals surface area contributed by atoms with E-state index in [2.05, 4.69) is 17.1 Å². The Balaban J connectivity index is 2.49. The maximum atomic E-state index is 9.10. The van der Waals surface area contributed by atoms with Gasteiger partial charge in [-0.2, -0.15) is 10.5 Å². The number of hydrogen-bond acceptors (Lipinski definition) is 4. The number of ether oxygens (including phenoxy) is 1. The number of pyridine rings is 1. The van der Waals surface area contributed by atoms with Crippen LogP contribution in [0.1, 0.15) is 27.9 Å². The Morgan fingerprint density at radius 1 is 1.00 bits per heavy atom. The van der Waals surface area contributed by atoms with Crippen LogP contribution in [0, 0.1) is 43.4 Å². The van der Waals surface area contributed by atoms with Crippen molar-refractivity contribution in [3.8, 4) is 23.8 Å². The van der Waals surface area contributed by atoms with Crippen molar-refractivity contribution in [2.45, 2.75) is 20.8 Å². The molecule has 1 aromatic heterocycles. The van der Waals surface area contributed by atoms with Gasteiger partial charge in [-0.1, -0.05) is 0 Å². The van der Waals surface area contributed by atoms with Gasteiger partial charge in [0.15, 0.2) is 0 Å². The van der Waals surface area contributed by atoms with Crippen LogP contribution in [0.4, 0.5) is 0 Å². The van der Waals surface area contributed by atoms with Gasteiger partial charge < -0.3 is 4.74 Å². The molecule has 0 spiro atoms. The summed E-state index contributed by atoms with van der Waals surface area (Å²) in [5, 5.41) is 18.0. The van der Waals surface area contributed by atoms with Crippen LogP contribution in [-0.2, 0) is 0 Å². The molecule has 20 heavy (non-hydrogen) atoms. The van der Waals surface area contributed by atoms with E-state index in [9.17, 15) is 0 Å². The molecule has 0 atom stereocenters. The molecule has 0 radical (unpaired) electrons. The minimum atomic E-state index is 0.295. The van der Waals surface area contributed by atoms with E-state index in [1.165, 1.54) is 0 Å². The van der Waals surface area contributed by atoms with Gasteiger partial charge in [0.05, 0.1) is 11.6 Å². The van der Waals surface area contributed by atoms with Crippen LogP contribution in [-0.4, -0.2) is 4.98 Å². The number of rotatable bonds is 2. The standard InChI is InChI=1S/C16H13N3O/c1-10-6-13(8-17)7-11(2)15(10)20-16-14(9-18)5-4-12(3)19-16/h4-7H,1-3H3. The molecule has 0 N–H and O–H groups in total. The molecule has 2 aromatic rings. The minimum Gasteiger partial charge on any atom is -0.437 e. The molecular formula is C16H13N3O. The van der Waals surface area contributed by atoms with Crippen molar-refractivity contribution >= 4 is 0 Å². The van der Waals surface area contributed by atoms with Gasteiger partial charge in [-0.15, -0.1) is 0 Å². The lowest BCUT2D eigenvalue weighted by atomic mass is 10.1. The molecule has 4 nitrogen and oxygen atoms in total. The molecule has 1 heterocycles. The summed E-state index contributed by atoms with van der Waals surface area (Å²) < 4.78 is 5.80. The average molecular weight is 263 g/mol. The molecule has 0 aliphatic rings. The van der Waals surface area contributed by atoms with Crippen molar-refractivity contribution < 1.29 is 4.74 Å². The average Bonchev–Trinajstić information content (AvgIpc) is 2.42. The lowest BCUT2D eigenvalue weighted by Crippen LogP contribution is -1.97. The van der Waals surface area contributed by atoms with Gasteiger partial charge in [-0.3, -0.25) is 0 Å². The normalized spacial score (nSPS) is 9.65. The highest BCUT2D eigenvalue weighted by Gasteiger charge is 2.12. The van der Waals surface area contributed by atoms with Crippen LogP contribution in [0.25, 0.3) is 0 Å². The molecule has 2 rings (SSSR count). The quantitative estimate of drug-likeness (QED) is 0.830. The fraction of sp³-hybridized carbons (Fsp3) is 0.188. The molecule has 0 aliphatic heterocycles. The van der Waals surface area contributed by atoms with E-state index in [4.69, 9.17) is 15.3 Å². The van der Waals surface area contributed by atoms with E-state index in [1.54, 1.807) is 24.3 Å². The van der Waals surface area contributed by atoms with Crippen LogP contribution in [0.5, 0.6) is 11.6 Å². The van der Waals surface area contributed by atoms with Crippen molar-refractivity contribution in [2.75, 3.05) is 0 Å². The zero-order chi connectivity index (χ0) is 14.7. The van der Waals surface area contributed by atoms with Crippen molar-refractivity contribution in [3.05, 3.63) is 52.2 Å². The van der Waals surface area contributed by atoms with E-state index in [-0.39, 0.29) is 0 Å². The molecule has 0 amide bonds. The third-order valence-electron chi connectivity index (χ3n) is 2.91.